The molecule has 0 bridgehead atoms. The Kier molecular flexibility index (Phi) is 3.62. The number of ether oxygens (including phenoxy) is 1. The molecule has 106 valence electrons. The van der Waals surface area contributed by atoms with Crippen molar-refractivity contribution in [2.75, 3.05) is 7.11 Å². The second-order valence-corrected chi connectivity index (χ2v) is 5.06. The fourth-order valence-electron chi connectivity index (χ4n) is 2.03. The van der Waals surface area contributed by atoms with Crippen molar-refractivity contribution in [2.24, 2.45) is 0 Å². The molecule has 0 saturated heterocycles. The zero-order valence-electron chi connectivity index (χ0n) is 11.0. The molecule has 0 N–H and O–H groups in total. The fraction of sp³-hybridized carbons (Fsp3) is 0.0667. The van der Waals surface area contributed by atoms with Gasteiger partial charge in [-0.3, -0.25) is 0 Å². The predicted molar refractivity (Wildman–Crippen MR) is 77.2 cm³/mol. The van der Waals surface area contributed by atoms with Crippen molar-refractivity contribution in [1.82, 2.24) is 9.97 Å². The van der Waals surface area contributed by atoms with E-state index in [9.17, 15) is 8.78 Å². The first-order valence-corrected chi connectivity index (χ1v) is 6.96. The molecular weight excluding hydrogens is 294 g/mol. The van der Waals surface area contributed by atoms with E-state index in [2.05, 4.69) is 9.97 Å². The number of hydrogen-bond donors (Lipinski definition) is 0. The van der Waals surface area contributed by atoms with E-state index >= 15 is 0 Å². The highest BCUT2D eigenvalue weighted by atomic mass is 32.1. The molecule has 0 fully saturated rings. The molecule has 21 heavy (non-hydrogen) atoms. The van der Waals surface area contributed by atoms with Crippen molar-refractivity contribution in [2.45, 2.75) is 0 Å². The minimum Gasteiger partial charge on any atom is -0.481 e. The maximum absolute atomic E-state index is 13.8. The third kappa shape index (κ3) is 2.62. The van der Waals surface area contributed by atoms with Gasteiger partial charge in [0.25, 0.3) is 0 Å². The molecule has 0 aliphatic heterocycles. The highest BCUT2D eigenvalue weighted by Gasteiger charge is 2.15. The van der Waals surface area contributed by atoms with E-state index in [0.717, 1.165) is 16.9 Å². The van der Waals surface area contributed by atoms with Crippen molar-refractivity contribution in [3.05, 3.63) is 53.0 Å². The zero-order chi connectivity index (χ0) is 14.8. The third-order valence-corrected chi connectivity index (χ3v) is 3.63. The Balaban J connectivity index is 2.16. The molecule has 0 unspecified atom stereocenters. The van der Waals surface area contributed by atoms with E-state index in [1.807, 2.05) is 0 Å². The van der Waals surface area contributed by atoms with Gasteiger partial charge in [-0.15, -0.1) is 0 Å². The Morgan fingerprint density at radius 1 is 1.05 bits per heavy atom. The number of pyridine rings is 1. The number of thiazole rings is 1. The Hall–Kier alpha value is -2.34. The number of nitrogens with zero attached hydrogens (tertiary/aromatic N) is 2. The molecular formula is C15H10F2N2OS. The molecule has 0 saturated carbocycles. The van der Waals surface area contributed by atoms with E-state index in [4.69, 9.17) is 4.74 Å². The van der Waals surface area contributed by atoms with Crippen LogP contribution in [0, 0.1) is 10.9 Å². The summed E-state index contributed by atoms with van der Waals surface area (Å²) in [6.07, 6.45) is 1.60. The summed E-state index contributed by atoms with van der Waals surface area (Å²) < 4.78 is 32.3. The molecule has 2 aromatic heterocycles. The lowest BCUT2D eigenvalue weighted by Crippen LogP contribution is -1.91. The lowest BCUT2D eigenvalue weighted by Gasteiger charge is -2.09. The normalized spacial score (nSPS) is 10.6. The van der Waals surface area contributed by atoms with Crippen LogP contribution in [0.2, 0.25) is 0 Å². The van der Waals surface area contributed by atoms with Crippen molar-refractivity contribution in [3.8, 4) is 28.3 Å². The quantitative estimate of drug-likeness (QED) is 0.729. The Labute approximate surface area is 123 Å². The summed E-state index contributed by atoms with van der Waals surface area (Å²) in [6.45, 7) is 0. The summed E-state index contributed by atoms with van der Waals surface area (Å²) >= 11 is 0.879. The summed E-state index contributed by atoms with van der Waals surface area (Å²) in [7, 11) is 1.52. The molecule has 3 nitrogen and oxygen atoms in total. The number of rotatable bonds is 3. The highest BCUT2D eigenvalue weighted by molar-refractivity contribution is 7.08. The third-order valence-electron chi connectivity index (χ3n) is 3.02. The van der Waals surface area contributed by atoms with Gasteiger partial charge < -0.3 is 4.74 Å². The SMILES string of the molecule is COc1ccc(-c2ccc(F)cc2-c2ncsc2F)cn1. The van der Waals surface area contributed by atoms with Gasteiger partial charge in [-0.2, -0.15) is 4.39 Å². The van der Waals surface area contributed by atoms with Crippen molar-refractivity contribution in [1.29, 1.82) is 0 Å². The van der Waals surface area contributed by atoms with Crippen LogP contribution in [0.25, 0.3) is 22.4 Å². The van der Waals surface area contributed by atoms with E-state index in [0.29, 0.717) is 17.0 Å². The topological polar surface area (TPSA) is 35.0 Å². The van der Waals surface area contributed by atoms with Crippen molar-refractivity contribution >= 4 is 11.3 Å². The number of hydrogen-bond acceptors (Lipinski definition) is 4. The van der Waals surface area contributed by atoms with E-state index in [1.54, 1.807) is 24.4 Å². The smallest absolute Gasteiger partial charge is 0.212 e. The summed E-state index contributed by atoms with van der Waals surface area (Å²) in [5.41, 5.74) is 3.34. The monoisotopic (exact) mass is 304 g/mol. The summed E-state index contributed by atoms with van der Waals surface area (Å²) in [5.74, 6) is 0.0323. The maximum Gasteiger partial charge on any atom is 0.212 e. The van der Waals surface area contributed by atoms with Crippen LogP contribution in [0.1, 0.15) is 0 Å². The van der Waals surface area contributed by atoms with Crippen LogP contribution < -0.4 is 4.74 Å². The molecule has 6 heteroatoms. The Morgan fingerprint density at radius 2 is 1.90 bits per heavy atom. The van der Waals surface area contributed by atoms with Gasteiger partial charge in [0.1, 0.15) is 11.5 Å². The van der Waals surface area contributed by atoms with Crippen LogP contribution >= 0.6 is 11.3 Å². The first-order valence-electron chi connectivity index (χ1n) is 6.08. The second-order valence-electron chi connectivity index (χ2n) is 4.25. The maximum atomic E-state index is 13.8. The lowest BCUT2D eigenvalue weighted by molar-refractivity contribution is 0.398. The molecule has 0 atom stereocenters. The van der Waals surface area contributed by atoms with Gasteiger partial charge >= 0.3 is 0 Å². The summed E-state index contributed by atoms with van der Waals surface area (Å²) in [4.78, 5) is 8.09. The van der Waals surface area contributed by atoms with E-state index in [-0.39, 0.29) is 5.69 Å². The fourth-order valence-corrected chi connectivity index (χ4v) is 2.56. The highest BCUT2D eigenvalue weighted by Crippen LogP contribution is 2.34. The molecule has 3 rings (SSSR count). The molecule has 1 aromatic carbocycles. The van der Waals surface area contributed by atoms with Crippen LogP contribution in [0.4, 0.5) is 8.78 Å². The van der Waals surface area contributed by atoms with Gasteiger partial charge in [0.2, 0.25) is 11.0 Å². The molecule has 0 amide bonds. The Bertz CT molecular complexity index is 772. The van der Waals surface area contributed by atoms with Crippen LogP contribution in [-0.2, 0) is 0 Å². The number of aromatic nitrogens is 2. The zero-order valence-corrected chi connectivity index (χ0v) is 11.8. The molecule has 0 aliphatic rings. The van der Waals surface area contributed by atoms with Gasteiger partial charge in [-0.25, -0.2) is 14.4 Å². The number of methoxy groups -OCH3 is 1. The van der Waals surface area contributed by atoms with Crippen LogP contribution in [0.3, 0.4) is 0 Å². The molecule has 2 heterocycles. The average molecular weight is 304 g/mol. The van der Waals surface area contributed by atoms with Crippen molar-refractivity contribution in [3.63, 3.8) is 0 Å². The van der Waals surface area contributed by atoms with Gasteiger partial charge in [0, 0.05) is 23.4 Å². The average Bonchev–Trinajstić information content (AvgIpc) is 2.93. The standard InChI is InChI=1S/C15H10F2N2OS/c1-20-13-5-2-9(7-18-13)11-4-3-10(16)6-12(11)14-15(17)21-8-19-14/h2-8H,1H3. The Morgan fingerprint density at radius 3 is 2.52 bits per heavy atom. The summed E-state index contributed by atoms with van der Waals surface area (Å²) in [6, 6.07) is 7.67. The largest absolute Gasteiger partial charge is 0.481 e. The van der Waals surface area contributed by atoms with Crippen molar-refractivity contribution < 1.29 is 13.5 Å². The molecule has 0 spiro atoms. The van der Waals surface area contributed by atoms with E-state index < -0.39 is 10.9 Å². The number of halogens is 2. The first kappa shape index (κ1) is 13.6. The minimum absolute atomic E-state index is 0.144. The van der Waals surface area contributed by atoms with Gasteiger partial charge in [0.05, 0.1) is 12.6 Å². The first-order chi connectivity index (χ1) is 10.2. The molecule has 0 radical (unpaired) electrons. The second kappa shape index (κ2) is 5.57. The van der Waals surface area contributed by atoms with E-state index in [1.165, 1.54) is 24.8 Å². The van der Waals surface area contributed by atoms with Crippen LogP contribution in [0.5, 0.6) is 5.88 Å². The van der Waals surface area contributed by atoms with Gasteiger partial charge in [-0.1, -0.05) is 17.4 Å². The molecule has 3 aromatic rings. The van der Waals surface area contributed by atoms with Crippen LogP contribution in [0.15, 0.2) is 42.0 Å². The van der Waals surface area contributed by atoms with Crippen LogP contribution in [-0.4, -0.2) is 17.1 Å². The predicted octanol–water partition coefficient (Wildman–Crippen LogP) is 4.16. The summed E-state index contributed by atoms with van der Waals surface area (Å²) in [5, 5.41) is -0.441. The molecule has 0 aliphatic carbocycles. The van der Waals surface area contributed by atoms with Gasteiger partial charge in [0.15, 0.2) is 0 Å². The van der Waals surface area contributed by atoms with Gasteiger partial charge in [-0.05, 0) is 23.8 Å². The minimum atomic E-state index is -0.442. The number of benzene rings is 1. The lowest BCUT2D eigenvalue weighted by atomic mass is 9.99.